The van der Waals surface area contributed by atoms with Gasteiger partial charge >= 0.3 is 0 Å². The SMILES string of the molecule is CC(O)C1CCC(F)(F)CC1.CC1(C)C[C@@H]1C(=O)N1CC2(CN(C(=O)c3cncs3)C[C@H]2C(N)=O)C1.CCCC(=O)N1CCC[C@H](COC)C1.[HH]. The number of hydrogen-bond donors (Lipinski definition) is 2. The summed E-state index contributed by atoms with van der Waals surface area (Å²) < 4.78 is 30.3. The summed E-state index contributed by atoms with van der Waals surface area (Å²) in [6.45, 7) is 12.4. The van der Waals surface area contributed by atoms with Crippen LogP contribution in [0.3, 0.4) is 0 Å². The van der Waals surface area contributed by atoms with Gasteiger partial charge in [-0.3, -0.25) is 24.2 Å². The Kier molecular flexibility index (Phi) is 13.4. The van der Waals surface area contributed by atoms with E-state index in [1.807, 2.05) is 9.80 Å². The predicted molar refractivity (Wildman–Crippen MR) is 188 cm³/mol. The molecular weight excluding hydrogens is 668 g/mol. The van der Waals surface area contributed by atoms with Crippen molar-refractivity contribution in [1.82, 2.24) is 19.7 Å². The van der Waals surface area contributed by atoms with Crippen LogP contribution in [0.5, 0.6) is 0 Å². The van der Waals surface area contributed by atoms with Crippen molar-refractivity contribution in [1.29, 1.82) is 0 Å². The number of carbonyl (C=O) groups is 4. The Balaban J connectivity index is 0.000000229. The first-order valence-electron chi connectivity index (χ1n) is 18.1. The van der Waals surface area contributed by atoms with E-state index in [-0.39, 0.29) is 48.7 Å². The fraction of sp³-hybridized carbons (Fsp3) is 0.806. The monoisotopic (exact) mass is 727 g/mol. The van der Waals surface area contributed by atoms with Crippen molar-refractivity contribution < 1.29 is 39.2 Å². The molecule has 0 aromatic carbocycles. The van der Waals surface area contributed by atoms with Gasteiger partial charge in [-0.25, -0.2) is 8.78 Å². The number of primary amides is 1. The number of rotatable bonds is 8. The number of aromatic nitrogens is 1. The van der Waals surface area contributed by atoms with Gasteiger partial charge in [-0.2, -0.15) is 0 Å². The summed E-state index contributed by atoms with van der Waals surface area (Å²) in [6.07, 6.45) is 6.83. The fourth-order valence-corrected chi connectivity index (χ4v) is 8.46. The van der Waals surface area contributed by atoms with Crippen LogP contribution in [0.1, 0.15) is 96.6 Å². The highest BCUT2D eigenvalue weighted by Gasteiger charge is 2.61. The molecule has 3 N–H and O–H groups in total. The van der Waals surface area contributed by atoms with E-state index >= 15 is 0 Å². The molecule has 4 heterocycles. The topological polar surface area (TPSA) is 146 Å². The number of piperidine rings is 1. The van der Waals surface area contributed by atoms with Crippen LogP contribution in [0, 0.1) is 34.5 Å². The van der Waals surface area contributed by atoms with E-state index in [4.69, 9.17) is 15.6 Å². The Labute approximate surface area is 300 Å². The van der Waals surface area contributed by atoms with Gasteiger partial charge in [0.05, 0.1) is 30.3 Å². The number of nitrogens with zero attached hydrogens (tertiary/aromatic N) is 4. The molecule has 50 heavy (non-hydrogen) atoms. The minimum Gasteiger partial charge on any atom is -0.393 e. The van der Waals surface area contributed by atoms with Crippen LogP contribution in [-0.2, 0) is 19.1 Å². The maximum atomic E-state index is 12.6. The normalized spacial score (nSPS) is 26.9. The van der Waals surface area contributed by atoms with E-state index in [0.29, 0.717) is 62.1 Å². The van der Waals surface area contributed by atoms with Crippen LogP contribution in [0.2, 0.25) is 0 Å². The smallest absolute Gasteiger partial charge is 0.265 e. The third-order valence-corrected chi connectivity index (χ3v) is 12.0. The second-order valence-electron chi connectivity index (χ2n) is 15.8. The summed E-state index contributed by atoms with van der Waals surface area (Å²) in [4.78, 5) is 58.7. The van der Waals surface area contributed by atoms with Crippen LogP contribution >= 0.6 is 11.3 Å². The number of hydrogen-bond acceptors (Lipinski definition) is 8. The van der Waals surface area contributed by atoms with Crippen molar-refractivity contribution in [3.05, 3.63) is 16.6 Å². The highest BCUT2D eigenvalue weighted by atomic mass is 32.1. The molecule has 3 aliphatic heterocycles. The second kappa shape index (κ2) is 16.8. The Morgan fingerprint density at radius 3 is 2.24 bits per heavy atom. The lowest BCUT2D eigenvalue weighted by molar-refractivity contribution is -0.150. The van der Waals surface area contributed by atoms with Crippen LogP contribution in [0.25, 0.3) is 0 Å². The maximum Gasteiger partial charge on any atom is 0.265 e. The van der Waals surface area contributed by atoms with E-state index in [9.17, 15) is 28.0 Å². The van der Waals surface area contributed by atoms with Gasteiger partial charge < -0.3 is 30.3 Å². The standard InChI is InChI=1S/C17H22N4O3S.C11H21NO2.C8H14F2O.H2/c1-16(2)3-10(16)14(23)21-7-17(8-21)6-20(5-11(17)13(18)22)15(24)12-4-19-9-25-12;1-3-5-11(13)12-7-4-6-10(8-12)9-14-2;1-6(11)7-2-4-8(9,10)5-3-7;/h4,9-11H,3,5-8H2,1-2H3,(H2,18,22);10H,3-9H2,1-2H3;6-7,11H,2-5H2,1H3;1H/t10-,11+;10-;;/m10../s1. The lowest BCUT2D eigenvalue weighted by Gasteiger charge is -2.50. The number of amides is 4. The van der Waals surface area contributed by atoms with Crippen molar-refractivity contribution in [3.63, 3.8) is 0 Å². The quantitative estimate of drug-likeness (QED) is 0.395. The summed E-state index contributed by atoms with van der Waals surface area (Å²) >= 11 is 1.29. The van der Waals surface area contributed by atoms with Gasteiger partial charge in [0.1, 0.15) is 4.88 Å². The van der Waals surface area contributed by atoms with E-state index in [1.54, 1.807) is 30.6 Å². The van der Waals surface area contributed by atoms with Crippen LogP contribution < -0.4 is 5.73 Å². The molecule has 4 atom stereocenters. The average Bonchev–Trinajstić information content (AvgIpc) is 3.40. The Morgan fingerprint density at radius 1 is 1.08 bits per heavy atom. The molecule has 3 saturated heterocycles. The molecule has 284 valence electrons. The molecule has 5 fully saturated rings. The highest BCUT2D eigenvalue weighted by Crippen LogP contribution is 2.54. The molecule has 11 nitrogen and oxygen atoms in total. The van der Waals surface area contributed by atoms with Gasteiger partial charge in [0.25, 0.3) is 5.91 Å². The minimum absolute atomic E-state index is 0. The third kappa shape index (κ3) is 9.99. The first kappa shape index (κ1) is 40.1. The number of thiazole rings is 1. The Hall–Kier alpha value is -2.71. The molecule has 14 heteroatoms. The summed E-state index contributed by atoms with van der Waals surface area (Å²) in [5.41, 5.74) is 6.93. The molecular formula is C36H59F2N5O6S. The van der Waals surface area contributed by atoms with Gasteiger partial charge in [-0.05, 0) is 62.7 Å². The van der Waals surface area contributed by atoms with Crippen molar-refractivity contribution in [2.75, 3.05) is 53.0 Å². The number of ether oxygens (including phenoxy) is 1. The molecule has 0 radical (unpaired) electrons. The maximum absolute atomic E-state index is 12.6. The zero-order chi connectivity index (χ0) is 36.9. The Bertz CT molecular complexity index is 1320. The lowest BCUT2D eigenvalue weighted by atomic mass is 9.71. The number of aliphatic hydroxyl groups excluding tert-OH is 1. The average molecular weight is 728 g/mol. The molecule has 2 aliphatic carbocycles. The predicted octanol–water partition coefficient (Wildman–Crippen LogP) is 4.69. The van der Waals surface area contributed by atoms with Crippen LogP contribution in [0.15, 0.2) is 11.7 Å². The van der Waals surface area contributed by atoms with Gasteiger partial charge in [-0.1, -0.05) is 20.8 Å². The van der Waals surface area contributed by atoms with Crippen LogP contribution in [0.4, 0.5) is 8.78 Å². The molecule has 5 aliphatic rings. The number of carbonyl (C=O) groups excluding carboxylic acids is 4. The molecule has 1 aromatic rings. The fourth-order valence-electron chi connectivity index (χ4n) is 7.87. The molecule has 4 amide bonds. The third-order valence-electron chi connectivity index (χ3n) is 11.2. The Morgan fingerprint density at radius 2 is 1.72 bits per heavy atom. The molecule has 0 bridgehead atoms. The van der Waals surface area contributed by atoms with E-state index in [1.165, 1.54) is 17.8 Å². The van der Waals surface area contributed by atoms with Crippen molar-refractivity contribution >= 4 is 35.0 Å². The summed E-state index contributed by atoms with van der Waals surface area (Å²) in [7, 11) is 1.73. The molecule has 6 rings (SSSR count). The molecule has 1 aromatic heterocycles. The largest absolute Gasteiger partial charge is 0.393 e. The number of aliphatic hydroxyl groups is 1. The number of halogens is 2. The lowest BCUT2D eigenvalue weighted by Crippen LogP contribution is -2.64. The zero-order valence-electron chi connectivity index (χ0n) is 30.4. The summed E-state index contributed by atoms with van der Waals surface area (Å²) in [5.74, 6) is -2.15. The molecule has 1 spiro atoms. The molecule has 1 unspecified atom stereocenters. The van der Waals surface area contributed by atoms with Crippen molar-refractivity contribution in [3.8, 4) is 0 Å². The number of likely N-dealkylation sites (tertiary alicyclic amines) is 3. The van der Waals surface area contributed by atoms with Gasteiger partial charge in [0, 0.05) is 78.4 Å². The van der Waals surface area contributed by atoms with E-state index in [0.717, 1.165) is 39.0 Å². The first-order chi connectivity index (χ1) is 23.5. The van der Waals surface area contributed by atoms with E-state index < -0.39 is 23.9 Å². The second-order valence-corrected chi connectivity index (χ2v) is 16.7. The highest BCUT2D eigenvalue weighted by molar-refractivity contribution is 7.11. The van der Waals surface area contributed by atoms with Gasteiger partial charge in [-0.15, -0.1) is 11.3 Å². The van der Waals surface area contributed by atoms with Crippen LogP contribution in [-0.4, -0.2) is 113 Å². The minimum atomic E-state index is -2.47. The number of nitrogens with two attached hydrogens (primary N) is 1. The zero-order valence-corrected chi connectivity index (χ0v) is 31.2. The van der Waals surface area contributed by atoms with Gasteiger partial charge in [0.2, 0.25) is 23.6 Å². The summed E-state index contributed by atoms with van der Waals surface area (Å²) in [6, 6.07) is 0. The number of methoxy groups -OCH3 is 1. The van der Waals surface area contributed by atoms with E-state index in [2.05, 4.69) is 25.8 Å². The molecule has 2 saturated carbocycles. The van der Waals surface area contributed by atoms with Crippen molar-refractivity contribution in [2.24, 2.45) is 40.2 Å². The summed E-state index contributed by atoms with van der Waals surface area (Å²) in [5, 5.41) is 9.10. The number of alkyl halides is 2. The van der Waals surface area contributed by atoms with Gasteiger partial charge in [0.15, 0.2) is 0 Å². The van der Waals surface area contributed by atoms with Crippen molar-refractivity contribution in [2.45, 2.75) is 97.5 Å². The first-order valence-corrected chi connectivity index (χ1v) is 19.0.